The summed E-state index contributed by atoms with van der Waals surface area (Å²) < 4.78 is 44.9. The first-order valence-corrected chi connectivity index (χ1v) is 10.7. The lowest BCUT2D eigenvalue weighted by atomic mass is 10.1. The van der Waals surface area contributed by atoms with E-state index in [-0.39, 0.29) is 18.5 Å². The molecule has 0 bridgehead atoms. The molecule has 1 aliphatic rings. The molecule has 12 heteroatoms. The van der Waals surface area contributed by atoms with Crippen molar-refractivity contribution >= 4 is 34.0 Å². The number of alkyl halides is 3. The summed E-state index contributed by atoms with van der Waals surface area (Å²) in [6, 6.07) is 8.47. The van der Waals surface area contributed by atoms with Gasteiger partial charge in [0.1, 0.15) is 5.82 Å². The van der Waals surface area contributed by atoms with Crippen LogP contribution in [0.25, 0.3) is 10.9 Å². The Labute approximate surface area is 193 Å². The van der Waals surface area contributed by atoms with E-state index in [0.29, 0.717) is 36.6 Å². The van der Waals surface area contributed by atoms with E-state index in [4.69, 9.17) is 4.74 Å². The number of nitro benzene ring substituents is 1. The lowest BCUT2D eigenvalue weighted by Gasteiger charge is -2.29. The minimum atomic E-state index is -4.67. The highest BCUT2D eigenvalue weighted by Gasteiger charge is 2.32. The molecular weight excluding hydrogens is 453 g/mol. The van der Waals surface area contributed by atoms with Crippen LogP contribution in [0, 0.1) is 10.1 Å². The van der Waals surface area contributed by atoms with Gasteiger partial charge in [-0.25, -0.2) is 4.98 Å². The number of hydrogen-bond donors (Lipinski definition) is 2. The molecule has 0 spiro atoms. The van der Waals surface area contributed by atoms with Crippen molar-refractivity contribution < 1.29 is 22.8 Å². The summed E-state index contributed by atoms with van der Waals surface area (Å²) in [6.07, 6.45) is -4.54. The van der Waals surface area contributed by atoms with Crippen molar-refractivity contribution in [3.05, 3.63) is 57.6 Å². The van der Waals surface area contributed by atoms with Crippen LogP contribution in [-0.4, -0.2) is 54.8 Å². The Hall–Kier alpha value is -3.67. The number of nitrogens with one attached hydrogen (secondary N) is 2. The van der Waals surface area contributed by atoms with Gasteiger partial charge in [0.2, 0.25) is 5.95 Å². The van der Waals surface area contributed by atoms with Gasteiger partial charge in [0.25, 0.3) is 5.69 Å². The van der Waals surface area contributed by atoms with Crippen LogP contribution in [0.15, 0.2) is 36.4 Å². The van der Waals surface area contributed by atoms with Crippen LogP contribution in [0.2, 0.25) is 0 Å². The number of anilines is 3. The number of nitrogens with zero attached hydrogens (tertiary/aromatic N) is 4. The largest absolute Gasteiger partial charge is 0.416 e. The maximum absolute atomic E-state index is 13.2. The van der Waals surface area contributed by atoms with E-state index in [2.05, 4.69) is 25.5 Å². The molecule has 34 heavy (non-hydrogen) atoms. The van der Waals surface area contributed by atoms with Gasteiger partial charge in [-0.05, 0) is 36.2 Å². The summed E-state index contributed by atoms with van der Waals surface area (Å²) in [5, 5.41) is 17.9. The van der Waals surface area contributed by atoms with E-state index in [0.717, 1.165) is 36.3 Å². The minimum Gasteiger partial charge on any atom is -0.378 e. The Bertz CT molecular complexity index is 1200. The molecule has 0 saturated carbocycles. The summed E-state index contributed by atoms with van der Waals surface area (Å²) >= 11 is 0. The second kappa shape index (κ2) is 9.67. The van der Waals surface area contributed by atoms with Crippen LogP contribution in [0.4, 0.5) is 36.3 Å². The van der Waals surface area contributed by atoms with E-state index in [9.17, 15) is 23.3 Å². The monoisotopic (exact) mass is 476 g/mol. The second-order valence-electron chi connectivity index (χ2n) is 7.77. The molecular formula is C22H23F3N6O3. The molecule has 0 amide bonds. The molecule has 1 fully saturated rings. The first-order chi connectivity index (χ1) is 16.2. The summed E-state index contributed by atoms with van der Waals surface area (Å²) in [5.74, 6) is 0.912. The zero-order chi connectivity index (χ0) is 24.3. The molecule has 1 aromatic heterocycles. The standard InChI is InChI=1S/C22H23F3N6O3/c1-26-21-28-19-3-2-16(30-6-8-34-9-7-30)13-18(19)20(29-21)27-5-4-14-10-15(22(23,24)25)12-17(11-14)31(32)33/h2-3,10-13H,4-9H2,1H3,(H2,26,27,28,29). The van der Waals surface area contributed by atoms with Gasteiger partial charge in [0, 0.05) is 49.9 Å². The van der Waals surface area contributed by atoms with Crippen molar-refractivity contribution in [3.63, 3.8) is 0 Å². The summed E-state index contributed by atoms with van der Waals surface area (Å²) in [4.78, 5) is 21.4. The Morgan fingerprint density at radius 1 is 1.15 bits per heavy atom. The minimum absolute atomic E-state index is 0.133. The molecule has 0 atom stereocenters. The van der Waals surface area contributed by atoms with Crippen molar-refractivity contribution in [1.82, 2.24) is 9.97 Å². The Kier molecular flexibility index (Phi) is 6.68. The number of rotatable bonds is 7. The van der Waals surface area contributed by atoms with E-state index in [1.807, 2.05) is 18.2 Å². The van der Waals surface area contributed by atoms with Gasteiger partial charge >= 0.3 is 6.18 Å². The highest BCUT2D eigenvalue weighted by atomic mass is 19.4. The number of ether oxygens (including phenoxy) is 1. The Balaban J connectivity index is 1.59. The Morgan fingerprint density at radius 3 is 2.59 bits per heavy atom. The average molecular weight is 476 g/mol. The lowest BCUT2D eigenvalue weighted by Crippen LogP contribution is -2.36. The van der Waals surface area contributed by atoms with E-state index >= 15 is 0 Å². The molecule has 4 rings (SSSR count). The highest BCUT2D eigenvalue weighted by molar-refractivity contribution is 5.92. The number of nitro groups is 1. The third kappa shape index (κ3) is 5.28. The molecule has 2 heterocycles. The van der Waals surface area contributed by atoms with Gasteiger partial charge < -0.3 is 20.3 Å². The van der Waals surface area contributed by atoms with E-state index in [1.165, 1.54) is 0 Å². The molecule has 2 aromatic carbocycles. The number of aromatic nitrogens is 2. The molecule has 9 nitrogen and oxygen atoms in total. The molecule has 1 aliphatic heterocycles. The summed E-state index contributed by atoms with van der Waals surface area (Å²) in [5.41, 5.74) is 0.263. The smallest absolute Gasteiger partial charge is 0.378 e. The quantitative estimate of drug-likeness (QED) is 0.388. The van der Waals surface area contributed by atoms with Gasteiger partial charge in [-0.3, -0.25) is 10.1 Å². The number of benzene rings is 2. The zero-order valence-electron chi connectivity index (χ0n) is 18.4. The van der Waals surface area contributed by atoms with Gasteiger partial charge in [-0.15, -0.1) is 0 Å². The molecule has 1 saturated heterocycles. The van der Waals surface area contributed by atoms with Crippen LogP contribution >= 0.6 is 0 Å². The molecule has 0 aliphatic carbocycles. The molecule has 0 radical (unpaired) electrons. The average Bonchev–Trinajstić information content (AvgIpc) is 2.83. The first-order valence-electron chi connectivity index (χ1n) is 10.7. The van der Waals surface area contributed by atoms with Gasteiger partial charge in [-0.1, -0.05) is 0 Å². The van der Waals surface area contributed by atoms with Crippen LogP contribution in [0.5, 0.6) is 0 Å². The van der Waals surface area contributed by atoms with Gasteiger partial charge in [0.15, 0.2) is 0 Å². The normalized spacial score (nSPS) is 14.3. The fourth-order valence-electron chi connectivity index (χ4n) is 3.79. The van der Waals surface area contributed by atoms with Crippen LogP contribution in [0.3, 0.4) is 0 Å². The molecule has 3 aromatic rings. The predicted molar refractivity (Wildman–Crippen MR) is 122 cm³/mol. The predicted octanol–water partition coefficient (Wildman–Crippen LogP) is 4.09. The number of fused-ring (bicyclic) bond motifs is 1. The number of morpholine rings is 1. The van der Waals surface area contributed by atoms with Crippen molar-refractivity contribution in [2.24, 2.45) is 0 Å². The zero-order valence-corrected chi connectivity index (χ0v) is 18.4. The third-order valence-electron chi connectivity index (χ3n) is 5.50. The van der Waals surface area contributed by atoms with Crippen molar-refractivity contribution in [3.8, 4) is 0 Å². The second-order valence-corrected chi connectivity index (χ2v) is 7.77. The van der Waals surface area contributed by atoms with Crippen molar-refractivity contribution in [2.45, 2.75) is 12.6 Å². The maximum Gasteiger partial charge on any atom is 0.416 e. The van der Waals surface area contributed by atoms with Gasteiger partial charge in [0.05, 0.1) is 29.2 Å². The van der Waals surface area contributed by atoms with Gasteiger partial charge in [-0.2, -0.15) is 18.2 Å². The Morgan fingerprint density at radius 2 is 1.91 bits per heavy atom. The number of hydrogen-bond acceptors (Lipinski definition) is 8. The fraction of sp³-hybridized carbons (Fsp3) is 0.364. The van der Waals surface area contributed by atoms with Crippen molar-refractivity contribution in [1.29, 1.82) is 0 Å². The van der Waals surface area contributed by atoms with Crippen LogP contribution in [0.1, 0.15) is 11.1 Å². The first kappa shape index (κ1) is 23.5. The van der Waals surface area contributed by atoms with E-state index < -0.39 is 22.4 Å². The summed E-state index contributed by atoms with van der Waals surface area (Å²) in [6.45, 7) is 3.02. The van der Waals surface area contributed by atoms with Crippen molar-refractivity contribution in [2.75, 3.05) is 55.4 Å². The molecule has 0 unspecified atom stereocenters. The SMILES string of the molecule is CNc1nc(NCCc2cc([N+](=O)[O-])cc(C(F)(F)F)c2)c2cc(N3CCOCC3)ccc2n1. The van der Waals surface area contributed by atoms with E-state index in [1.54, 1.807) is 7.05 Å². The number of halogens is 3. The molecule has 2 N–H and O–H groups in total. The third-order valence-corrected chi connectivity index (χ3v) is 5.50. The fourth-order valence-corrected chi connectivity index (χ4v) is 3.79. The van der Waals surface area contributed by atoms with Crippen LogP contribution < -0.4 is 15.5 Å². The summed E-state index contributed by atoms with van der Waals surface area (Å²) in [7, 11) is 1.69. The topological polar surface area (TPSA) is 105 Å². The maximum atomic E-state index is 13.2. The molecule has 180 valence electrons. The van der Waals surface area contributed by atoms with Crippen LogP contribution in [-0.2, 0) is 17.3 Å². The number of non-ortho nitro benzene ring substituents is 1. The highest BCUT2D eigenvalue weighted by Crippen LogP contribution is 2.33. The lowest BCUT2D eigenvalue weighted by molar-refractivity contribution is -0.385.